The van der Waals surface area contributed by atoms with Crippen LogP contribution in [0.1, 0.15) is 12.1 Å². The lowest BCUT2D eigenvalue weighted by atomic mass is 10.0. The molecule has 5 nitrogen and oxygen atoms in total. The SMILES string of the molecule is Clc1ccccc1-c1nn2c(c1-c1nc3ccccn3n1)CCC2. The summed E-state index contributed by atoms with van der Waals surface area (Å²) in [6, 6.07) is 13.7. The summed E-state index contributed by atoms with van der Waals surface area (Å²) in [6.07, 6.45) is 4.00. The second-order valence-electron chi connectivity index (χ2n) is 5.92. The van der Waals surface area contributed by atoms with Gasteiger partial charge in [-0.1, -0.05) is 35.9 Å². The first kappa shape index (κ1) is 13.7. The van der Waals surface area contributed by atoms with E-state index in [1.165, 1.54) is 5.69 Å². The summed E-state index contributed by atoms with van der Waals surface area (Å²) < 4.78 is 3.87. The van der Waals surface area contributed by atoms with Crippen LogP contribution >= 0.6 is 11.6 Å². The van der Waals surface area contributed by atoms with Gasteiger partial charge in [-0.2, -0.15) is 5.10 Å². The van der Waals surface area contributed by atoms with E-state index in [2.05, 4.69) is 9.78 Å². The van der Waals surface area contributed by atoms with Gasteiger partial charge in [-0.3, -0.25) is 4.68 Å². The molecule has 6 heteroatoms. The van der Waals surface area contributed by atoms with Crippen molar-refractivity contribution in [1.82, 2.24) is 24.4 Å². The Balaban J connectivity index is 1.79. The smallest absolute Gasteiger partial charge is 0.186 e. The Hall–Kier alpha value is -2.66. The fraction of sp³-hybridized carbons (Fsp3) is 0.167. The van der Waals surface area contributed by atoms with Crippen LogP contribution in [0.25, 0.3) is 28.3 Å². The van der Waals surface area contributed by atoms with Crippen LogP contribution in [-0.2, 0) is 13.0 Å². The van der Waals surface area contributed by atoms with Crippen LogP contribution in [0.5, 0.6) is 0 Å². The average molecular weight is 336 g/mol. The number of rotatable bonds is 2. The maximum Gasteiger partial charge on any atom is 0.186 e. The van der Waals surface area contributed by atoms with Crippen LogP contribution in [0.4, 0.5) is 0 Å². The molecule has 0 fully saturated rings. The first-order valence-electron chi connectivity index (χ1n) is 7.97. The zero-order valence-electron chi connectivity index (χ0n) is 12.9. The summed E-state index contributed by atoms with van der Waals surface area (Å²) in [7, 11) is 0. The van der Waals surface area contributed by atoms with Gasteiger partial charge in [0.25, 0.3) is 0 Å². The van der Waals surface area contributed by atoms with Crippen molar-refractivity contribution in [1.29, 1.82) is 0 Å². The Morgan fingerprint density at radius 1 is 1.00 bits per heavy atom. The van der Waals surface area contributed by atoms with E-state index in [1.54, 1.807) is 4.52 Å². The minimum absolute atomic E-state index is 0.694. The van der Waals surface area contributed by atoms with Crippen molar-refractivity contribution in [2.45, 2.75) is 19.4 Å². The molecule has 0 amide bonds. The molecule has 3 aromatic heterocycles. The number of hydrogen-bond donors (Lipinski definition) is 0. The molecule has 1 aliphatic rings. The predicted octanol–water partition coefficient (Wildman–Crippen LogP) is 3.86. The van der Waals surface area contributed by atoms with Crippen molar-refractivity contribution < 1.29 is 0 Å². The lowest BCUT2D eigenvalue weighted by Crippen LogP contribution is -1.94. The third kappa shape index (κ3) is 1.98. The van der Waals surface area contributed by atoms with Crippen molar-refractivity contribution in [2.24, 2.45) is 0 Å². The van der Waals surface area contributed by atoms with Crippen LogP contribution in [0.15, 0.2) is 48.7 Å². The monoisotopic (exact) mass is 335 g/mol. The van der Waals surface area contributed by atoms with Crippen LogP contribution in [0.3, 0.4) is 0 Å². The summed E-state index contributed by atoms with van der Waals surface area (Å²) in [4.78, 5) is 4.70. The van der Waals surface area contributed by atoms with E-state index >= 15 is 0 Å². The van der Waals surface area contributed by atoms with Gasteiger partial charge in [-0.25, -0.2) is 9.50 Å². The van der Waals surface area contributed by atoms with E-state index < -0.39 is 0 Å². The minimum atomic E-state index is 0.694. The van der Waals surface area contributed by atoms with Gasteiger partial charge in [-0.15, -0.1) is 5.10 Å². The second kappa shape index (κ2) is 5.18. The van der Waals surface area contributed by atoms with Gasteiger partial charge in [0.1, 0.15) is 5.69 Å². The molecule has 4 heterocycles. The molecule has 0 saturated carbocycles. The Bertz CT molecular complexity index is 1030. The molecule has 1 aromatic carbocycles. The summed E-state index contributed by atoms with van der Waals surface area (Å²) in [5.74, 6) is 0.708. The van der Waals surface area contributed by atoms with E-state index in [0.29, 0.717) is 10.8 Å². The molecule has 0 radical (unpaired) electrons. The molecule has 5 rings (SSSR count). The fourth-order valence-electron chi connectivity index (χ4n) is 3.35. The first-order chi connectivity index (χ1) is 11.8. The van der Waals surface area contributed by atoms with Gasteiger partial charge >= 0.3 is 0 Å². The van der Waals surface area contributed by atoms with Crippen molar-refractivity contribution in [2.75, 3.05) is 0 Å². The summed E-state index contributed by atoms with van der Waals surface area (Å²) in [6.45, 7) is 0.931. The molecular weight excluding hydrogens is 322 g/mol. The Morgan fingerprint density at radius 3 is 2.75 bits per heavy atom. The number of aryl methyl sites for hydroxylation is 1. The van der Waals surface area contributed by atoms with Gasteiger partial charge in [-0.05, 0) is 31.0 Å². The van der Waals surface area contributed by atoms with E-state index in [0.717, 1.165) is 41.9 Å². The number of halogens is 1. The highest BCUT2D eigenvalue weighted by molar-refractivity contribution is 6.33. The lowest BCUT2D eigenvalue weighted by molar-refractivity contribution is 0.659. The number of benzene rings is 1. The third-order valence-corrected chi connectivity index (χ3v) is 4.76. The number of pyridine rings is 1. The van der Waals surface area contributed by atoms with Gasteiger partial charge in [0, 0.05) is 18.3 Å². The topological polar surface area (TPSA) is 48.0 Å². The highest BCUT2D eigenvalue weighted by Gasteiger charge is 2.27. The van der Waals surface area contributed by atoms with Crippen molar-refractivity contribution in [3.05, 3.63) is 59.4 Å². The Labute approximate surface area is 143 Å². The molecule has 0 bridgehead atoms. The minimum Gasteiger partial charge on any atom is -0.268 e. The summed E-state index contributed by atoms with van der Waals surface area (Å²) in [5, 5.41) is 10.2. The highest BCUT2D eigenvalue weighted by atomic mass is 35.5. The van der Waals surface area contributed by atoms with Gasteiger partial charge in [0.15, 0.2) is 11.5 Å². The van der Waals surface area contributed by atoms with Crippen LogP contribution in [0, 0.1) is 0 Å². The van der Waals surface area contributed by atoms with Crippen LogP contribution in [-0.4, -0.2) is 24.4 Å². The molecule has 0 spiro atoms. The van der Waals surface area contributed by atoms with Crippen molar-refractivity contribution in [3.63, 3.8) is 0 Å². The van der Waals surface area contributed by atoms with Gasteiger partial charge in [0.2, 0.25) is 0 Å². The van der Waals surface area contributed by atoms with E-state index in [9.17, 15) is 0 Å². The fourth-order valence-corrected chi connectivity index (χ4v) is 3.57. The van der Waals surface area contributed by atoms with Crippen molar-refractivity contribution >= 4 is 17.2 Å². The molecule has 0 saturated heterocycles. The average Bonchev–Trinajstić information content (AvgIpc) is 3.28. The predicted molar refractivity (Wildman–Crippen MR) is 93.0 cm³/mol. The number of aromatic nitrogens is 5. The highest BCUT2D eigenvalue weighted by Crippen LogP contribution is 2.38. The third-order valence-electron chi connectivity index (χ3n) is 4.44. The van der Waals surface area contributed by atoms with Gasteiger partial charge < -0.3 is 0 Å². The molecule has 0 atom stereocenters. The zero-order chi connectivity index (χ0) is 16.1. The molecule has 4 aromatic rings. The Morgan fingerprint density at radius 2 is 1.88 bits per heavy atom. The molecule has 0 unspecified atom stereocenters. The normalized spacial score (nSPS) is 13.5. The maximum absolute atomic E-state index is 6.42. The first-order valence-corrected chi connectivity index (χ1v) is 8.35. The number of hydrogen-bond acceptors (Lipinski definition) is 3. The number of fused-ring (bicyclic) bond motifs is 2. The van der Waals surface area contributed by atoms with Crippen LogP contribution < -0.4 is 0 Å². The molecular formula is C18H14ClN5. The maximum atomic E-state index is 6.42. The molecule has 0 aliphatic carbocycles. The second-order valence-corrected chi connectivity index (χ2v) is 6.32. The zero-order valence-corrected chi connectivity index (χ0v) is 13.6. The largest absolute Gasteiger partial charge is 0.268 e. The van der Waals surface area contributed by atoms with Gasteiger partial charge in [0.05, 0.1) is 16.3 Å². The molecule has 24 heavy (non-hydrogen) atoms. The quantitative estimate of drug-likeness (QED) is 0.559. The molecule has 0 N–H and O–H groups in total. The van der Waals surface area contributed by atoms with Crippen molar-refractivity contribution in [3.8, 4) is 22.6 Å². The van der Waals surface area contributed by atoms with Crippen LogP contribution in [0.2, 0.25) is 5.02 Å². The van der Waals surface area contributed by atoms with E-state index in [1.807, 2.05) is 48.7 Å². The summed E-state index contributed by atoms with van der Waals surface area (Å²) >= 11 is 6.42. The lowest BCUT2D eigenvalue weighted by Gasteiger charge is -2.03. The summed E-state index contributed by atoms with van der Waals surface area (Å²) in [5.41, 5.74) is 4.82. The van der Waals surface area contributed by atoms with E-state index in [4.69, 9.17) is 21.7 Å². The molecule has 118 valence electrons. The standard InChI is InChI=1S/C18H14ClN5/c19-13-7-2-1-6-12(13)17-16(14-8-5-11-23(14)21-17)18-20-15-9-3-4-10-24(15)22-18/h1-4,6-7,9-10H,5,8,11H2. The van der Waals surface area contributed by atoms with E-state index in [-0.39, 0.29) is 0 Å². The Kier molecular flexibility index (Phi) is 2.97. The molecule has 1 aliphatic heterocycles. The number of nitrogens with zero attached hydrogens (tertiary/aromatic N) is 5.